The fourth-order valence-corrected chi connectivity index (χ4v) is 6.42. The molecule has 2 saturated carbocycles. The van der Waals surface area contributed by atoms with Crippen molar-refractivity contribution < 1.29 is 18.8 Å². The van der Waals surface area contributed by atoms with Crippen molar-refractivity contribution in [1.29, 1.82) is 0 Å². The minimum atomic E-state index is -1.87. The molecule has 0 bridgehead atoms. The molecule has 146 valence electrons. The van der Waals surface area contributed by atoms with E-state index in [-0.39, 0.29) is 41.3 Å². The lowest BCUT2D eigenvalue weighted by Crippen LogP contribution is -2.50. The zero-order valence-corrected chi connectivity index (χ0v) is 18.4. The van der Waals surface area contributed by atoms with Gasteiger partial charge in [0.05, 0.1) is 0 Å². The summed E-state index contributed by atoms with van der Waals surface area (Å²) in [5, 5.41) is 0.160. The molecule has 1 saturated heterocycles. The number of carbonyl (C=O) groups excluding carboxylic acids is 2. The van der Waals surface area contributed by atoms with E-state index in [2.05, 4.69) is 54.3 Å². The molecule has 0 radical (unpaired) electrons. The van der Waals surface area contributed by atoms with Gasteiger partial charge >= 0.3 is 5.97 Å². The van der Waals surface area contributed by atoms with E-state index in [0.29, 0.717) is 12.0 Å². The maximum Gasteiger partial charge on any atom is 0.324 e. The molecule has 4 nitrogen and oxygen atoms in total. The number of cyclic esters (lactones) is 1. The van der Waals surface area contributed by atoms with Gasteiger partial charge in [0.2, 0.25) is 0 Å². The number of ketones is 1. The molecule has 0 amide bonds. The van der Waals surface area contributed by atoms with E-state index in [1.54, 1.807) is 0 Å². The third-order valence-corrected chi connectivity index (χ3v) is 12.6. The number of ether oxygens (including phenoxy) is 1. The zero-order valence-electron chi connectivity index (χ0n) is 17.4. The van der Waals surface area contributed by atoms with Crippen LogP contribution in [-0.2, 0) is 18.8 Å². The van der Waals surface area contributed by atoms with Crippen molar-refractivity contribution in [2.24, 2.45) is 22.7 Å². The monoisotopic (exact) mass is 378 g/mol. The molecule has 0 aromatic heterocycles. The van der Waals surface area contributed by atoms with E-state index in [1.165, 1.54) is 0 Å². The first kappa shape index (κ1) is 19.8. The predicted octanol–water partition coefficient (Wildman–Crippen LogP) is 4.50. The van der Waals surface area contributed by atoms with Crippen LogP contribution < -0.4 is 0 Å². The molecular weight excluding hydrogens is 344 g/mol. The third-order valence-electron chi connectivity index (χ3n) is 8.06. The van der Waals surface area contributed by atoms with Gasteiger partial charge in [-0.15, -0.1) is 0 Å². The van der Waals surface area contributed by atoms with Crippen LogP contribution in [0.1, 0.15) is 53.9 Å². The molecule has 2 aliphatic carbocycles. The summed E-state index contributed by atoms with van der Waals surface area (Å²) in [4.78, 5) is 26.0. The molecule has 3 aliphatic rings. The second-order valence-electron chi connectivity index (χ2n) is 10.5. The minimum Gasteiger partial charge on any atom is -0.460 e. The normalized spacial score (nSPS) is 40.9. The quantitative estimate of drug-likeness (QED) is 0.307. The SMILES string of the molecule is C=C1COC(=O)[C@]12C[C@@H]1C[C@@H](O[Si](C)(C)C(C)(C)C)C[C@@H](C)[C@]1(C)C2=O. The van der Waals surface area contributed by atoms with Gasteiger partial charge < -0.3 is 9.16 Å². The fraction of sp³-hybridized carbons (Fsp3) is 0.810. The Kier molecular flexibility index (Phi) is 4.40. The van der Waals surface area contributed by atoms with Crippen LogP contribution in [0.2, 0.25) is 18.1 Å². The van der Waals surface area contributed by atoms with Crippen molar-refractivity contribution in [2.75, 3.05) is 6.61 Å². The Morgan fingerprint density at radius 3 is 2.35 bits per heavy atom. The van der Waals surface area contributed by atoms with E-state index in [1.807, 2.05) is 0 Å². The average molecular weight is 379 g/mol. The van der Waals surface area contributed by atoms with Gasteiger partial charge in [0, 0.05) is 11.5 Å². The van der Waals surface area contributed by atoms with Gasteiger partial charge in [-0.2, -0.15) is 0 Å². The van der Waals surface area contributed by atoms with Gasteiger partial charge in [0.25, 0.3) is 0 Å². The van der Waals surface area contributed by atoms with Gasteiger partial charge in [-0.05, 0) is 54.8 Å². The highest BCUT2D eigenvalue weighted by molar-refractivity contribution is 6.74. The van der Waals surface area contributed by atoms with Gasteiger partial charge in [-0.3, -0.25) is 9.59 Å². The molecular formula is C21H34O4Si. The van der Waals surface area contributed by atoms with Crippen LogP contribution in [0.3, 0.4) is 0 Å². The lowest BCUT2D eigenvalue weighted by atomic mass is 9.61. The van der Waals surface area contributed by atoms with Crippen molar-refractivity contribution in [1.82, 2.24) is 0 Å². The third kappa shape index (κ3) is 2.49. The Morgan fingerprint density at radius 1 is 1.23 bits per heavy atom. The number of rotatable bonds is 2. The lowest BCUT2D eigenvalue weighted by molar-refractivity contribution is -0.152. The van der Waals surface area contributed by atoms with E-state index in [0.717, 1.165) is 12.8 Å². The standard InChI is InChI=1S/C21H34O4Si/c1-13-9-16(25-26(7,8)19(3,4)5)10-15-11-21(17(22)20(13,15)6)14(2)12-24-18(21)23/h13,15-16H,2,9-12H2,1,3-8H3/t13-,15+,16+,20+,21-/m1/s1. The number of Topliss-reactive ketones (excluding diaryl/α,β-unsaturated/α-hetero) is 1. The second kappa shape index (κ2) is 5.78. The molecule has 0 N–H and O–H groups in total. The summed E-state index contributed by atoms with van der Waals surface area (Å²) in [5.74, 6) is -0.00187. The van der Waals surface area contributed by atoms with Crippen LogP contribution in [0, 0.1) is 22.7 Å². The molecule has 3 rings (SSSR count). The molecule has 0 aromatic carbocycles. The molecule has 5 heteroatoms. The Morgan fingerprint density at radius 2 is 1.85 bits per heavy atom. The van der Waals surface area contributed by atoms with Crippen molar-refractivity contribution in [3.63, 3.8) is 0 Å². The summed E-state index contributed by atoms with van der Waals surface area (Å²) >= 11 is 0. The van der Waals surface area contributed by atoms with Crippen LogP contribution >= 0.6 is 0 Å². The smallest absolute Gasteiger partial charge is 0.324 e. The van der Waals surface area contributed by atoms with Gasteiger partial charge in [0.15, 0.2) is 19.5 Å². The van der Waals surface area contributed by atoms with Crippen LogP contribution in [-0.4, -0.2) is 32.8 Å². The number of hydrogen-bond acceptors (Lipinski definition) is 4. The first-order valence-electron chi connectivity index (χ1n) is 9.85. The van der Waals surface area contributed by atoms with E-state index < -0.39 is 19.1 Å². The van der Waals surface area contributed by atoms with E-state index >= 15 is 0 Å². The molecule has 3 fully saturated rings. The minimum absolute atomic E-state index is 0.0424. The highest BCUT2D eigenvalue weighted by Gasteiger charge is 2.69. The highest BCUT2D eigenvalue weighted by Crippen LogP contribution is 2.63. The van der Waals surface area contributed by atoms with Crippen LogP contribution in [0.15, 0.2) is 12.2 Å². The predicted molar refractivity (Wildman–Crippen MR) is 104 cm³/mol. The fourth-order valence-electron chi connectivity index (χ4n) is 5.04. The van der Waals surface area contributed by atoms with Crippen molar-refractivity contribution in [3.05, 3.63) is 12.2 Å². The summed E-state index contributed by atoms with van der Waals surface area (Å²) in [6.07, 6.45) is 2.43. The van der Waals surface area contributed by atoms with Gasteiger partial charge in [-0.25, -0.2) is 0 Å². The summed E-state index contributed by atoms with van der Waals surface area (Å²) in [6, 6.07) is 0. The highest BCUT2D eigenvalue weighted by atomic mass is 28.4. The number of hydrogen-bond donors (Lipinski definition) is 0. The second-order valence-corrected chi connectivity index (χ2v) is 15.2. The average Bonchev–Trinajstić information content (AvgIpc) is 2.91. The molecule has 1 spiro atoms. The Labute approximate surface area is 158 Å². The Bertz CT molecular complexity index is 643. The summed E-state index contributed by atoms with van der Waals surface area (Å²) in [6.45, 7) is 19.7. The Hall–Kier alpha value is -0.943. The Balaban J connectivity index is 1.88. The number of carbonyl (C=O) groups is 2. The van der Waals surface area contributed by atoms with Crippen molar-refractivity contribution in [2.45, 2.75) is 78.1 Å². The van der Waals surface area contributed by atoms with E-state index in [9.17, 15) is 9.59 Å². The van der Waals surface area contributed by atoms with Gasteiger partial charge in [-0.1, -0.05) is 41.2 Å². The molecule has 5 atom stereocenters. The molecule has 1 heterocycles. The van der Waals surface area contributed by atoms with Crippen LogP contribution in [0.25, 0.3) is 0 Å². The first-order chi connectivity index (χ1) is 11.8. The number of fused-ring (bicyclic) bond motifs is 1. The zero-order chi connectivity index (χ0) is 19.7. The summed E-state index contributed by atoms with van der Waals surface area (Å²) < 4.78 is 11.9. The van der Waals surface area contributed by atoms with Crippen molar-refractivity contribution >= 4 is 20.1 Å². The maximum atomic E-state index is 13.5. The first-order valence-corrected chi connectivity index (χ1v) is 12.8. The maximum absolute atomic E-state index is 13.5. The topological polar surface area (TPSA) is 52.6 Å². The van der Waals surface area contributed by atoms with Gasteiger partial charge in [0.1, 0.15) is 6.61 Å². The number of esters is 1. The largest absolute Gasteiger partial charge is 0.460 e. The van der Waals surface area contributed by atoms with Crippen LogP contribution in [0.4, 0.5) is 0 Å². The molecule has 1 aliphatic heterocycles. The summed E-state index contributed by atoms with van der Waals surface area (Å²) in [5.41, 5.74) is -0.934. The van der Waals surface area contributed by atoms with Crippen LogP contribution in [0.5, 0.6) is 0 Å². The lowest BCUT2D eigenvalue weighted by Gasteiger charge is -2.47. The molecule has 0 unspecified atom stereocenters. The molecule has 26 heavy (non-hydrogen) atoms. The summed E-state index contributed by atoms with van der Waals surface area (Å²) in [7, 11) is -1.87. The van der Waals surface area contributed by atoms with E-state index in [4.69, 9.17) is 9.16 Å². The molecule has 0 aromatic rings. The van der Waals surface area contributed by atoms with Crippen molar-refractivity contribution in [3.8, 4) is 0 Å².